The van der Waals surface area contributed by atoms with Crippen LogP contribution in [0.15, 0.2) is 54.7 Å². The Morgan fingerprint density at radius 3 is 2.58 bits per heavy atom. The predicted octanol–water partition coefficient (Wildman–Crippen LogP) is 0.176. The van der Waals surface area contributed by atoms with Crippen molar-refractivity contribution < 1.29 is 38.2 Å². The van der Waals surface area contributed by atoms with Gasteiger partial charge in [0, 0.05) is 17.0 Å². The minimum atomic E-state index is -0.376. The van der Waals surface area contributed by atoms with E-state index >= 15 is 0 Å². The third kappa shape index (κ3) is 3.33. The standard InChI is InChI=1S/C18H17N2O3.HI/c1-19-11-10-13-6-3-4-8-15(13)16(19)12-14-7-5-9-17(23-2)18(14)20(21)22;/h3-11H,12H2,1-2H3;1H/q+1;/p-1. The lowest BCUT2D eigenvalue weighted by molar-refractivity contribution is -0.677. The number of methoxy groups -OCH3 is 1. The Balaban J connectivity index is 0.00000208. The smallest absolute Gasteiger partial charge is 0.314 e. The molecule has 0 amide bonds. The molecule has 0 atom stereocenters. The van der Waals surface area contributed by atoms with Crippen LogP contribution >= 0.6 is 0 Å². The van der Waals surface area contributed by atoms with Crippen molar-refractivity contribution in [3.05, 3.63) is 76.1 Å². The molecular formula is C18H17IN2O3. The van der Waals surface area contributed by atoms with Gasteiger partial charge in [-0.1, -0.05) is 30.3 Å². The first-order valence-electron chi connectivity index (χ1n) is 7.28. The highest BCUT2D eigenvalue weighted by atomic mass is 127. The Labute approximate surface area is 157 Å². The molecule has 0 radical (unpaired) electrons. The quantitative estimate of drug-likeness (QED) is 0.254. The lowest BCUT2D eigenvalue weighted by Crippen LogP contribution is -3.00. The number of rotatable bonds is 4. The summed E-state index contributed by atoms with van der Waals surface area (Å²) in [5, 5.41) is 13.7. The van der Waals surface area contributed by atoms with Gasteiger partial charge >= 0.3 is 5.69 Å². The normalized spacial score (nSPS) is 10.2. The molecule has 0 spiro atoms. The number of halogens is 1. The first-order valence-corrected chi connectivity index (χ1v) is 7.28. The molecule has 1 heterocycles. The van der Waals surface area contributed by atoms with Gasteiger partial charge in [0.15, 0.2) is 17.6 Å². The Bertz CT molecular complexity index is 897. The van der Waals surface area contributed by atoms with Crippen LogP contribution in [0, 0.1) is 10.1 Å². The number of ether oxygens (including phenoxy) is 1. The monoisotopic (exact) mass is 436 g/mol. The molecular weight excluding hydrogens is 419 g/mol. The molecule has 0 saturated heterocycles. The maximum atomic E-state index is 11.5. The zero-order chi connectivity index (χ0) is 16.4. The first kappa shape index (κ1) is 18.1. The number of aryl methyl sites for hydroxylation is 1. The zero-order valence-corrected chi connectivity index (χ0v) is 15.6. The average Bonchev–Trinajstić information content (AvgIpc) is 2.57. The van der Waals surface area contributed by atoms with Crippen LogP contribution in [0.1, 0.15) is 11.3 Å². The van der Waals surface area contributed by atoms with Gasteiger partial charge in [0.05, 0.1) is 18.5 Å². The van der Waals surface area contributed by atoms with Crippen LogP contribution in [0.2, 0.25) is 0 Å². The van der Waals surface area contributed by atoms with Gasteiger partial charge in [-0.3, -0.25) is 10.1 Å². The van der Waals surface area contributed by atoms with Crippen molar-refractivity contribution in [2.24, 2.45) is 7.05 Å². The molecule has 0 unspecified atom stereocenters. The van der Waals surface area contributed by atoms with Gasteiger partial charge in [0.25, 0.3) is 0 Å². The van der Waals surface area contributed by atoms with Crippen molar-refractivity contribution in [3.8, 4) is 5.75 Å². The molecule has 0 aliphatic heterocycles. The molecule has 24 heavy (non-hydrogen) atoms. The molecule has 0 saturated carbocycles. The summed E-state index contributed by atoms with van der Waals surface area (Å²) >= 11 is 0. The summed E-state index contributed by atoms with van der Waals surface area (Å²) in [5.74, 6) is 0.287. The number of pyridine rings is 1. The largest absolute Gasteiger partial charge is 1.00 e. The van der Waals surface area contributed by atoms with Gasteiger partial charge in [-0.05, 0) is 17.5 Å². The molecule has 1 aromatic heterocycles. The van der Waals surface area contributed by atoms with Crippen LogP contribution < -0.4 is 33.3 Å². The van der Waals surface area contributed by atoms with Gasteiger partial charge < -0.3 is 28.7 Å². The highest BCUT2D eigenvalue weighted by Gasteiger charge is 2.23. The molecule has 0 bridgehead atoms. The van der Waals surface area contributed by atoms with E-state index in [2.05, 4.69) is 0 Å². The minimum absolute atomic E-state index is 0. The molecule has 0 aliphatic rings. The number of benzene rings is 2. The van der Waals surface area contributed by atoms with Crippen molar-refractivity contribution in [3.63, 3.8) is 0 Å². The van der Waals surface area contributed by atoms with Gasteiger partial charge in [-0.25, -0.2) is 4.57 Å². The highest BCUT2D eigenvalue weighted by molar-refractivity contribution is 5.83. The number of para-hydroxylation sites is 1. The van der Waals surface area contributed by atoms with Crippen molar-refractivity contribution in [1.82, 2.24) is 0 Å². The summed E-state index contributed by atoms with van der Waals surface area (Å²) in [6.45, 7) is 0. The number of aromatic nitrogens is 1. The third-order valence-electron chi connectivity index (χ3n) is 4.02. The number of fused-ring (bicyclic) bond motifs is 1. The fourth-order valence-corrected chi connectivity index (χ4v) is 2.86. The number of hydrogen-bond donors (Lipinski definition) is 0. The van der Waals surface area contributed by atoms with Crippen LogP contribution in [0.25, 0.3) is 10.8 Å². The van der Waals surface area contributed by atoms with Crippen LogP contribution in [0.3, 0.4) is 0 Å². The van der Waals surface area contributed by atoms with Crippen molar-refractivity contribution in [2.75, 3.05) is 7.11 Å². The molecule has 3 aromatic rings. The molecule has 0 aliphatic carbocycles. The fourth-order valence-electron chi connectivity index (χ4n) is 2.86. The maximum Gasteiger partial charge on any atom is 0.314 e. The van der Waals surface area contributed by atoms with E-state index in [0.717, 1.165) is 16.5 Å². The van der Waals surface area contributed by atoms with Crippen LogP contribution in [-0.2, 0) is 13.5 Å². The number of hydrogen-bond acceptors (Lipinski definition) is 3. The van der Waals surface area contributed by atoms with E-state index in [1.165, 1.54) is 7.11 Å². The number of nitro groups is 1. The summed E-state index contributed by atoms with van der Waals surface area (Å²) in [6.07, 6.45) is 2.44. The Morgan fingerprint density at radius 1 is 1.12 bits per heavy atom. The summed E-state index contributed by atoms with van der Waals surface area (Å²) in [6, 6.07) is 15.3. The van der Waals surface area contributed by atoms with E-state index in [-0.39, 0.29) is 40.3 Å². The molecule has 0 fully saturated rings. The SMILES string of the molecule is COc1cccc(Cc2c3ccccc3cc[n+]2C)c1[N+](=O)[O-].[I-]. The summed E-state index contributed by atoms with van der Waals surface area (Å²) < 4.78 is 7.16. The molecule has 3 rings (SSSR count). The second kappa shape index (κ2) is 7.57. The maximum absolute atomic E-state index is 11.5. The van der Waals surface area contributed by atoms with E-state index in [1.807, 2.05) is 48.1 Å². The Kier molecular flexibility index (Phi) is 5.71. The topological polar surface area (TPSA) is 56.2 Å². The van der Waals surface area contributed by atoms with E-state index in [0.29, 0.717) is 12.0 Å². The molecule has 124 valence electrons. The summed E-state index contributed by atoms with van der Waals surface area (Å²) in [4.78, 5) is 11.1. The lowest BCUT2D eigenvalue weighted by atomic mass is 10.0. The van der Waals surface area contributed by atoms with Gasteiger partial charge in [-0.2, -0.15) is 0 Å². The molecule has 2 aromatic carbocycles. The third-order valence-corrected chi connectivity index (χ3v) is 4.02. The highest BCUT2D eigenvalue weighted by Crippen LogP contribution is 2.32. The Morgan fingerprint density at radius 2 is 1.88 bits per heavy atom. The second-order valence-electron chi connectivity index (χ2n) is 5.36. The second-order valence-corrected chi connectivity index (χ2v) is 5.36. The summed E-state index contributed by atoms with van der Waals surface area (Å²) in [5.41, 5.74) is 1.70. The zero-order valence-electron chi connectivity index (χ0n) is 13.4. The number of nitrogens with zero attached hydrogens (tertiary/aromatic N) is 2. The van der Waals surface area contributed by atoms with E-state index < -0.39 is 0 Å². The van der Waals surface area contributed by atoms with Gasteiger partial charge in [-0.15, -0.1) is 0 Å². The first-order chi connectivity index (χ1) is 11.1. The minimum Gasteiger partial charge on any atom is -1.00 e. The molecule has 0 N–H and O–H groups in total. The van der Waals surface area contributed by atoms with E-state index in [1.54, 1.807) is 18.2 Å². The average molecular weight is 436 g/mol. The lowest BCUT2D eigenvalue weighted by Gasteiger charge is -2.08. The van der Waals surface area contributed by atoms with Crippen molar-refractivity contribution in [2.45, 2.75) is 6.42 Å². The van der Waals surface area contributed by atoms with Crippen LogP contribution in [0.4, 0.5) is 5.69 Å². The van der Waals surface area contributed by atoms with Crippen molar-refractivity contribution >= 4 is 16.5 Å². The number of nitro benzene ring substituents is 1. The van der Waals surface area contributed by atoms with Crippen LogP contribution in [0.5, 0.6) is 5.75 Å². The Hall–Kier alpha value is -2.22. The van der Waals surface area contributed by atoms with Gasteiger partial charge in [0.1, 0.15) is 7.05 Å². The summed E-state index contributed by atoms with van der Waals surface area (Å²) in [7, 11) is 3.40. The molecule has 6 heteroatoms. The van der Waals surface area contributed by atoms with Gasteiger partial charge in [0.2, 0.25) is 0 Å². The van der Waals surface area contributed by atoms with Crippen molar-refractivity contribution in [1.29, 1.82) is 0 Å². The fraction of sp³-hybridized carbons (Fsp3) is 0.167. The van der Waals surface area contributed by atoms with Crippen LogP contribution in [-0.4, -0.2) is 12.0 Å². The van der Waals surface area contributed by atoms with E-state index in [4.69, 9.17) is 4.74 Å². The van der Waals surface area contributed by atoms with E-state index in [9.17, 15) is 10.1 Å². The predicted molar refractivity (Wildman–Crippen MR) is 87.6 cm³/mol. The molecule has 5 nitrogen and oxygen atoms in total.